The Morgan fingerprint density at radius 1 is 1.15 bits per heavy atom. The molecule has 2 aromatic rings. The van der Waals surface area contributed by atoms with E-state index in [0.29, 0.717) is 35.5 Å². The zero-order valence-corrected chi connectivity index (χ0v) is 16.0. The molecule has 27 heavy (non-hydrogen) atoms. The highest BCUT2D eigenvalue weighted by atomic mass is 32.2. The third kappa shape index (κ3) is 4.29. The fourth-order valence-corrected chi connectivity index (χ4v) is 4.98. The van der Waals surface area contributed by atoms with Crippen molar-refractivity contribution < 1.29 is 12.8 Å². The SMILES string of the molecule is Cc1ccc(NCc2cc(C#N)ccc2F)cc1S(=O)(=O)N1CCCCC1. The van der Waals surface area contributed by atoms with E-state index >= 15 is 0 Å². The van der Waals surface area contributed by atoms with Crippen LogP contribution in [0.15, 0.2) is 41.3 Å². The van der Waals surface area contributed by atoms with E-state index in [1.807, 2.05) is 6.07 Å². The lowest BCUT2D eigenvalue weighted by Crippen LogP contribution is -2.36. The molecule has 1 saturated heterocycles. The summed E-state index contributed by atoms with van der Waals surface area (Å²) in [6.45, 7) is 3.03. The zero-order chi connectivity index (χ0) is 19.4. The predicted octanol–water partition coefficient (Wildman–Crippen LogP) is 3.79. The Morgan fingerprint density at radius 2 is 1.89 bits per heavy atom. The summed E-state index contributed by atoms with van der Waals surface area (Å²) in [5.41, 5.74) is 2.02. The van der Waals surface area contributed by atoms with Crippen molar-refractivity contribution in [3.63, 3.8) is 0 Å². The second-order valence-corrected chi connectivity index (χ2v) is 8.62. The smallest absolute Gasteiger partial charge is 0.243 e. The monoisotopic (exact) mass is 387 g/mol. The van der Waals surface area contributed by atoms with Crippen molar-refractivity contribution in [3.05, 3.63) is 58.9 Å². The highest BCUT2D eigenvalue weighted by Crippen LogP contribution is 2.26. The third-order valence-corrected chi connectivity index (χ3v) is 6.82. The van der Waals surface area contributed by atoms with Gasteiger partial charge in [0.25, 0.3) is 0 Å². The Morgan fingerprint density at radius 3 is 2.59 bits per heavy atom. The molecule has 0 unspecified atom stereocenters. The van der Waals surface area contributed by atoms with Crippen molar-refractivity contribution in [2.24, 2.45) is 0 Å². The summed E-state index contributed by atoms with van der Waals surface area (Å²) in [7, 11) is -3.54. The topological polar surface area (TPSA) is 73.2 Å². The van der Waals surface area contributed by atoms with Gasteiger partial charge >= 0.3 is 0 Å². The first-order chi connectivity index (χ1) is 12.9. The molecule has 0 saturated carbocycles. The quantitative estimate of drug-likeness (QED) is 0.847. The molecule has 1 aliphatic heterocycles. The number of hydrogen-bond acceptors (Lipinski definition) is 4. The van der Waals surface area contributed by atoms with Gasteiger partial charge in [0, 0.05) is 30.9 Å². The maximum absolute atomic E-state index is 13.9. The minimum Gasteiger partial charge on any atom is -0.381 e. The lowest BCUT2D eigenvalue weighted by molar-refractivity contribution is 0.346. The van der Waals surface area contributed by atoms with E-state index in [9.17, 15) is 12.8 Å². The van der Waals surface area contributed by atoms with E-state index in [1.165, 1.54) is 18.2 Å². The van der Waals surface area contributed by atoms with Crippen LogP contribution in [0.1, 0.15) is 36.0 Å². The summed E-state index contributed by atoms with van der Waals surface area (Å²) in [5.74, 6) is -0.408. The molecule has 0 aromatic heterocycles. The standard InChI is InChI=1S/C20H22FN3O2S/c1-15-5-7-18(23-14-17-11-16(13-22)6-8-19(17)21)12-20(15)27(25,26)24-9-3-2-4-10-24/h5-8,11-12,23H,2-4,9-10,14H2,1H3. The lowest BCUT2D eigenvalue weighted by Gasteiger charge is -2.26. The Labute approximate surface area is 159 Å². The van der Waals surface area contributed by atoms with Crippen LogP contribution < -0.4 is 5.32 Å². The number of nitriles is 1. The van der Waals surface area contributed by atoms with Gasteiger partial charge in [-0.15, -0.1) is 0 Å². The van der Waals surface area contributed by atoms with Crippen LogP contribution in [0.3, 0.4) is 0 Å². The van der Waals surface area contributed by atoms with Crippen LogP contribution in [0, 0.1) is 24.1 Å². The number of aryl methyl sites for hydroxylation is 1. The maximum atomic E-state index is 13.9. The van der Waals surface area contributed by atoms with Gasteiger partial charge in [0.15, 0.2) is 0 Å². The van der Waals surface area contributed by atoms with Crippen LogP contribution in [0.4, 0.5) is 10.1 Å². The van der Waals surface area contributed by atoms with Crippen molar-refractivity contribution in [2.45, 2.75) is 37.6 Å². The molecule has 3 rings (SSSR count). The van der Waals surface area contributed by atoms with Gasteiger partial charge in [0.2, 0.25) is 10.0 Å². The molecule has 2 aromatic carbocycles. The summed E-state index contributed by atoms with van der Waals surface area (Å²) in [4.78, 5) is 0.278. The molecule has 0 atom stereocenters. The summed E-state index contributed by atoms with van der Waals surface area (Å²) in [6, 6.07) is 11.3. The molecule has 1 fully saturated rings. The Kier molecular flexibility index (Phi) is 5.78. The first-order valence-electron chi connectivity index (χ1n) is 8.95. The molecule has 0 radical (unpaired) electrons. The highest BCUT2D eigenvalue weighted by molar-refractivity contribution is 7.89. The molecule has 142 valence electrons. The lowest BCUT2D eigenvalue weighted by atomic mass is 10.1. The average molecular weight is 387 g/mol. The second-order valence-electron chi connectivity index (χ2n) is 6.72. The first kappa shape index (κ1) is 19.3. The van der Waals surface area contributed by atoms with E-state index in [1.54, 1.807) is 29.4 Å². The summed E-state index contributed by atoms with van der Waals surface area (Å²) in [5, 5.41) is 12.0. The molecule has 0 spiro atoms. The zero-order valence-electron chi connectivity index (χ0n) is 15.2. The normalized spacial score (nSPS) is 15.3. The van der Waals surface area contributed by atoms with Crippen LogP contribution in [-0.2, 0) is 16.6 Å². The summed E-state index contributed by atoms with van der Waals surface area (Å²) < 4.78 is 41.4. The number of hydrogen-bond donors (Lipinski definition) is 1. The van der Waals surface area contributed by atoms with Gasteiger partial charge in [-0.3, -0.25) is 0 Å². The summed E-state index contributed by atoms with van der Waals surface area (Å²) in [6.07, 6.45) is 2.81. The number of halogens is 1. The number of anilines is 1. The van der Waals surface area contributed by atoms with Crippen LogP contribution in [-0.4, -0.2) is 25.8 Å². The first-order valence-corrected chi connectivity index (χ1v) is 10.4. The van der Waals surface area contributed by atoms with Crippen LogP contribution in [0.2, 0.25) is 0 Å². The highest BCUT2D eigenvalue weighted by Gasteiger charge is 2.27. The average Bonchev–Trinajstić information content (AvgIpc) is 2.69. The van der Waals surface area contributed by atoms with Crippen molar-refractivity contribution in [3.8, 4) is 6.07 Å². The second kappa shape index (κ2) is 8.07. The number of sulfonamides is 1. The molecule has 5 nitrogen and oxygen atoms in total. The number of piperidine rings is 1. The van der Waals surface area contributed by atoms with Gasteiger partial charge in [-0.05, 0) is 55.7 Å². The Hall–Kier alpha value is -2.43. The Bertz CT molecular complexity index is 977. The maximum Gasteiger partial charge on any atom is 0.243 e. The molecule has 1 heterocycles. The van der Waals surface area contributed by atoms with Gasteiger partial charge in [-0.1, -0.05) is 12.5 Å². The minimum atomic E-state index is -3.54. The summed E-state index contributed by atoms with van der Waals surface area (Å²) >= 11 is 0. The minimum absolute atomic E-state index is 0.160. The molecule has 1 N–H and O–H groups in total. The Balaban J connectivity index is 1.82. The molecule has 0 amide bonds. The van der Waals surface area contributed by atoms with Gasteiger partial charge in [0.1, 0.15) is 5.82 Å². The van der Waals surface area contributed by atoms with Crippen LogP contribution in [0.25, 0.3) is 0 Å². The van der Waals surface area contributed by atoms with Crippen molar-refractivity contribution in [1.29, 1.82) is 5.26 Å². The van der Waals surface area contributed by atoms with Crippen molar-refractivity contribution in [1.82, 2.24) is 4.31 Å². The number of benzene rings is 2. The third-order valence-electron chi connectivity index (χ3n) is 4.78. The molecule has 7 heteroatoms. The molecular formula is C20H22FN3O2S. The number of nitrogens with one attached hydrogen (secondary N) is 1. The fourth-order valence-electron chi connectivity index (χ4n) is 3.21. The van der Waals surface area contributed by atoms with E-state index in [0.717, 1.165) is 19.3 Å². The van der Waals surface area contributed by atoms with Gasteiger partial charge in [0.05, 0.1) is 16.5 Å². The predicted molar refractivity (Wildman–Crippen MR) is 102 cm³/mol. The van der Waals surface area contributed by atoms with Crippen molar-refractivity contribution >= 4 is 15.7 Å². The fraction of sp³-hybridized carbons (Fsp3) is 0.350. The van der Waals surface area contributed by atoms with Crippen molar-refractivity contribution in [2.75, 3.05) is 18.4 Å². The number of rotatable bonds is 5. The van der Waals surface area contributed by atoms with Gasteiger partial charge in [-0.25, -0.2) is 12.8 Å². The molecule has 1 aliphatic rings. The number of nitrogens with zero attached hydrogens (tertiary/aromatic N) is 2. The molecule has 0 bridgehead atoms. The van der Waals surface area contributed by atoms with E-state index in [-0.39, 0.29) is 11.4 Å². The van der Waals surface area contributed by atoms with E-state index < -0.39 is 15.8 Å². The van der Waals surface area contributed by atoms with Crippen LogP contribution >= 0.6 is 0 Å². The molecule has 0 aliphatic carbocycles. The van der Waals surface area contributed by atoms with Gasteiger partial charge < -0.3 is 5.32 Å². The van der Waals surface area contributed by atoms with E-state index in [2.05, 4.69) is 5.32 Å². The largest absolute Gasteiger partial charge is 0.381 e. The molecular weight excluding hydrogens is 365 g/mol. The van der Waals surface area contributed by atoms with Gasteiger partial charge in [-0.2, -0.15) is 9.57 Å². The van der Waals surface area contributed by atoms with E-state index in [4.69, 9.17) is 5.26 Å². The van der Waals surface area contributed by atoms with Crippen LogP contribution in [0.5, 0.6) is 0 Å².